The number of anilines is 1. The maximum atomic E-state index is 13.4. The Kier molecular flexibility index (Phi) is 5.64. The number of para-hydroxylation sites is 1. The van der Waals surface area contributed by atoms with Crippen LogP contribution < -0.4 is 10.5 Å². The normalized spacial score (nSPS) is 11.1. The highest BCUT2D eigenvalue weighted by atomic mass is 32.2. The Morgan fingerprint density at radius 1 is 0.933 bits per heavy atom. The van der Waals surface area contributed by atoms with Gasteiger partial charge in [-0.2, -0.15) is 0 Å². The molecule has 0 aliphatic rings. The molecule has 0 bridgehead atoms. The summed E-state index contributed by atoms with van der Waals surface area (Å²) in [5.41, 5.74) is 6.38. The molecular formula is C25H25N3OS. The second-order valence-electron chi connectivity index (χ2n) is 7.67. The highest BCUT2D eigenvalue weighted by Crippen LogP contribution is 2.26. The van der Waals surface area contributed by atoms with E-state index < -0.39 is 0 Å². The van der Waals surface area contributed by atoms with Crippen LogP contribution in [0.1, 0.15) is 16.7 Å². The average molecular weight is 416 g/mol. The van der Waals surface area contributed by atoms with Crippen LogP contribution >= 0.6 is 11.8 Å². The first-order chi connectivity index (χ1) is 14.4. The molecule has 4 nitrogen and oxygen atoms in total. The van der Waals surface area contributed by atoms with Crippen molar-refractivity contribution in [2.45, 2.75) is 24.8 Å². The van der Waals surface area contributed by atoms with Gasteiger partial charge < -0.3 is 4.90 Å². The van der Waals surface area contributed by atoms with E-state index in [4.69, 9.17) is 4.98 Å². The van der Waals surface area contributed by atoms with Gasteiger partial charge in [0.15, 0.2) is 5.16 Å². The fraction of sp³-hybridized carbons (Fsp3) is 0.200. The van der Waals surface area contributed by atoms with E-state index in [-0.39, 0.29) is 5.56 Å². The minimum absolute atomic E-state index is 0.0409. The van der Waals surface area contributed by atoms with Gasteiger partial charge in [0, 0.05) is 25.5 Å². The highest BCUT2D eigenvalue weighted by Gasteiger charge is 2.14. The van der Waals surface area contributed by atoms with Crippen LogP contribution in [-0.2, 0) is 5.75 Å². The predicted molar refractivity (Wildman–Crippen MR) is 127 cm³/mol. The summed E-state index contributed by atoms with van der Waals surface area (Å²) in [5, 5.41) is 1.33. The summed E-state index contributed by atoms with van der Waals surface area (Å²) >= 11 is 1.59. The Labute approximate surface area is 181 Å². The number of fused-ring (bicyclic) bond motifs is 1. The topological polar surface area (TPSA) is 38.1 Å². The van der Waals surface area contributed by atoms with Crippen molar-refractivity contribution in [2.75, 3.05) is 19.0 Å². The van der Waals surface area contributed by atoms with Crippen molar-refractivity contribution >= 4 is 28.4 Å². The second kappa shape index (κ2) is 8.36. The molecule has 4 aromatic rings. The van der Waals surface area contributed by atoms with Gasteiger partial charge in [-0.15, -0.1) is 0 Å². The molecule has 0 amide bonds. The van der Waals surface area contributed by atoms with E-state index in [0.717, 1.165) is 22.6 Å². The van der Waals surface area contributed by atoms with Gasteiger partial charge in [-0.25, -0.2) is 4.98 Å². The molecule has 0 radical (unpaired) electrons. The summed E-state index contributed by atoms with van der Waals surface area (Å²) in [6.07, 6.45) is 0. The first-order valence-electron chi connectivity index (χ1n) is 9.92. The lowest BCUT2D eigenvalue weighted by Gasteiger charge is -2.16. The van der Waals surface area contributed by atoms with Crippen LogP contribution in [0.3, 0.4) is 0 Å². The van der Waals surface area contributed by atoms with Crippen LogP contribution in [0.15, 0.2) is 76.7 Å². The number of aromatic nitrogens is 2. The lowest BCUT2D eigenvalue weighted by Crippen LogP contribution is -2.22. The molecule has 0 aliphatic carbocycles. The molecule has 30 heavy (non-hydrogen) atoms. The van der Waals surface area contributed by atoms with Gasteiger partial charge in [-0.3, -0.25) is 9.36 Å². The Morgan fingerprint density at radius 3 is 2.37 bits per heavy atom. The fourth-order valence-electron chi connectivity index (χ4n) is 3.38. The van der Waals surface area contributed by atoms with E-state index in [1.807, 2.05) is 67.5 Å². The van der Waals surface area contributed by atoms with Crippen molar-refractivity contribution in [3.8, 4) is 5.69 Å². The summed E-state index contributed by atoms with van der Waals surface area (Å²) in [4.78, 5) is 20.3. The summed E-state index contributed by atoms with van der Waals surface area (Å²) in [6.45, 7) is 4.24. The summed E-state index contributed by atoms with van der Waals surface area (Å²) in [7, 11) is 4.01. The van der Waals surface area contributed by atoms with Gasteiger partial charge >= 0.3 is 0 Å². The molecule has 0 spiro atoms. The first kappa shape index (κ1) is 20.2. The average Bonchev–Trinajstić information content (AvgIpc) is 2.75. The molecule has 0 aliphatic heterocycles. The number of benzene rings is 3. The van der Waals surface area contributed by atoms with Crippen LogP contribution in [0.4, 0.5) is 5.69 Å². The molecule has 0 saturated heterocycles. The Hall–Kier alpha value is -3.05. The Morgan fingerprint density at radius 2 is 1.67 bits per heavy atom. The van der Waals surface area contributed by atoms with Crippen molar-refractivity contribution in [1.29, 1.82) is 0 Å². The van der Waals surface area contributed by atoms with Gasteiger partial charge in [0.05, 0.1) is 16.6 Å². The van der Waals surface area contributed by atoms with E-state index in [9.17, 15) is 4.79 Å². The van der Waals surface area contributed by atoms with Crippen LogP contribution in [0.25, 0.3) is 16.6 Å². The Balaban J connectivity index is 1.79. The minimum atomic E-state index is -0.0409. The first-order valence-corrected chi connectivity index (χ1v) is 10.9. The molecule has 1 aromatic heterocycles. The third kappa shape index (κ3) is 3.98. The molecule has 0 atom stereocenters. The highest BCUT2D eigenvalue weighted by molar-refractivity contribution is 7.98. The smallest absolute Gasteiger partial charge is 0.266 e. The van der Waals surface area contributed by atoms with E-state index in [0.29, 0.717) is 10.5 Å². The molecule has 4 rings (SSSR count). The van der Waals surface area contributed by atoms with Crippen molar-refractivity contribution in [1.82, 2.24) is 9.55 Å². The molecule has 5 heteroatoms. The van der Waals surface area contributed by atoms with Crippen LogP contribution in [0, 0.1) is 13.8 Å². The monoisotopic (exact) mass is 415 g/mol. The summed E-state index contributed by atoms with van der Waals surface area (Å²) < 4.78 is 1.73. The molecule has 0 saturated carbocycles. The maximum Gasteiger partial charge on any atom is 0.266 e. The lowest BCUT2D eigenvalue weighted by molar-refractivity contribution is 0.819. The third-order valence-corrected chi connectivity index (χ3v) is 6.32. The second-order valence-corrected chi connectivity index (χ2v) is 8.61. The largest absolute Gasteiger partial charge is 0.378 e. The number of nitrogens with zero attached hydrogens (tertiary/aromatic N) is 3. The lowest BCUT2D eigenvalue weighted by atomic mass is 10.1. The van der Waals surface area contributed by atoms with Gasteiger partial charge in [0.2, 0.25) is 0 Å². The van der Waals surface area contributed by atoms with E-state index >= 15 is 0 Å². The van der Waals surface area contributed by atoms with Gasteiger partial charge in [0.1, 0.15) is 0 Å². The quantitative estimate of drug-likeness (QED) is 0.325. The number of hydrogen-bond acceptors (Lipinski definition) is 4. The fourth-order valence-corrected chi connectivity index (χ4v) is 4.33. The van der Waals surface area contributed by atoms with E-state index in [1.54, 1.807) is 16.3 Å². The van der Waals surface area contributed by atoms with Gasteiger partial charge in [0.25, 0.3) is 5.56 Å². The zero-order chi connectivity index (χ0) is 21.3. The van der Waals surface area contributed by atoms with Crippen molar-refractivity contribution in [3.05, 3.63) is 93.8 Å². The third-order valence-electron chi connectivity index (χ3n) is 5.31. The van der Waals surface area contributed by atoms with Crippen molar-refractivity contribution in [2.24, 2.45) is 0 Å². The number of aryl methyl sites for hydroxylation is 2. The molecule has 0 N–H and O–H groups in total. The summed E-state index contributed by atoms with van der Waals surface area (Å²) in [5.74, 6) is 0.752. The summed E-state index contributed by atoms with van der Waals surface area (Å²) in [6, 6.07) is 22.0. The SMILES string of the molecule is Cc1ccc(CSc2nc3ccccc3c(=O)n2-c2ccc(N(C)C)cc2)cc1C. The Bertz CT molecular complexity index is 1260. The van der Waals surface area contributed by atoms with Gasteiger partial charge in [-0.05, 0) is 66.9 Å². The minimum Gasteiger partial charge on any atom is -0.378 e. The van der Waals surface area contributed by atoms with E-state index in [2.05, 4.69) is 32.0 Å². The van der Waals surface area contributed by atoms with Crippen molar-refractivity contribution < 1.29 is 0 Å². The van der Waals surface area contributed by atoms with Crippen molar-refractivity contribution in [3.63, 3.8) is 0 Å². The molecule has 1 heterocycles. The number of rotatable bonds is 5. The van der Waals surface area contributed by atoms with Crippen LogP contribution in [-0.4, -0.2) is 23.6 Å². The van der Waals surface area contributed by atoms with Crippen LogP contribution in [0.5, 0.6) is 0 Å². The molecule has 3 aromatic carbocycles. The van der Waals surface area contributed by atoms with Crippen LogP contribution in [0.2, 0.25) is 0 Å². The van der Waals surface area contributed by atoms with Gasteiger partial charge in [-0.1, -0.05) is 42.1 Å². The standard InChI is InChI=1S/C25H25N3OS/c1-17-9-10-19(15-18(17)2)16-30-25-26-23-8-6-5-7-22(23)24(29)28(25)21-13-11-20(12-14-21)27(3)4/h5-15H,16H2,1-4H3. The molecule has 0 fully saturated rings. The number of thioether (sulfide) groups is 1. The zero-order valence-corrected chi connectivity index (χ0v) is 18.5. The van der Waals surface area contributed by atoms with E-state index in [1.165, 1.54) is 16.7 Å². The maximum absolute atomic E-state index is 13.4. The molecular weight excluding hydrogens is 390 g/mol. The zero-order valence-electron chi connectivity index (χ0n) is 17.7. The molecule has 0 unspecified atom stereocenters. The molecule has 152 valence electrons. The predicted octanol–water partition coefficient (Wildman–Crippen LogP) is 5.36. The number of hydrogen-bond donors (Lipinski definition) is 0.